The van der Waals surface area contributed by atoms with E-state index in [-0.39, 0.29) is 0 Å². The molecule has 0 aromatic heterocycles. The smallest absolute Gasteiger partial charge is 0.0674 e. The largest absolute Gasteiger partial charge is 0.279 e. The van der Waals surface area contributed by atoms with E-state index in [9.17, 15) is 0 Å². The fourth-order valence-electron chi connectivity index (χ4n) is 6.07. The van der Waals surface area contributed by atoms with Crippen molar-refractivity contribution in [3.8, 4) is 0 Å². The molecule has 3 aliphatic rings. The maximum absolute atomic E-state index is 5.53. The lowest BCUT2D eigenvalue weighted by Crippen LogP contribution is -2.16. The van der Waals surface area contributed by atoms with Crippen LogP contribution in [0.15, 0.2) is 12.1 Å². The molecule has 27 heavy (non-hydrogen) atoms. The Bertz CT molecular complexity index is 553. The van der Waals surface area contributed by atoms with Crippen LogP contribution in [0.2, 0.25) is 0 Å². The van der Waals surface area contributed by atoms with E-state index in [1.165, 1.54) is 102 Å². The van der Waals surface area contributed by atoms with Gasteiger partial charge >= 0.3 is 0 Å². The summed E-state index contributed by atoms with van der Waals surface area (Å²) in [7, 11) is 1.78. The maximum atomic E-state index is 5.53. The van der Waals surface area contributed by atoms with Crippen molar-refractivity contribution in [3.63, 3.8) is 0 Å². The molecule has 0 amide bonds. The second-order valence-corrected chi connectivity index (χ2v) is 9.39. The van der Waals surface area contributed by atoms with Gasteiger partial charge in [-0.05, 0) is 73.0 Å². The molecule has 150 valence electrons. The van der Waals surface area contributed by atoms with Crippen LogP contribution in [0.5, 0.6) is 0 Å². The van der Waals surface area contributed by atoms with Crippen LogP contribution in [0.4, 0.5) is 5.69 Å². The minimum atomic E-state index is 0.724. The van der Waals surface area contributed by atoms with Gasteiger partial charge in [0.1, 0.15) is 0 Å². The van der Waals surface area contributed by atoms with Gasteiger partial charge in [-0.1, -0.05) is 69.9 Å². The summed E-state index contributed by atoms with van der Waals surface area (Å²) in [6, 6.07) is 5.19. The van der Waals surface area contributed by atoms with Crippen molar-refractivity contribution in [1.29, 1.82) is 0 Å². The first kappa shape index (κ1) is 19.3. The minimum absolute atomic E-state index is 0.724. The Morgan fingerprint density at radius 3 is 1.44 bits per heavy atom. The first-order valence-electron chi connectivity index (χ1n) is 11.8. The minimum Gasteiger partial charge on any atom is -0.279 e. The molecule has 0 saturated heterocycles. The normalized spacial score (nSPS) is 23.4. The van der Waals surface area contributed by atoms with Crippen LogP contribution < -0.4 is 5.48 Å². The summed E-state index contributed by atoms with van der Waals surface area (Å²) >= 11 is 0. The van der Waals surface area contributed by atoms with E-state index in [4.69, 9.17) is 4.84 Å². The number of hydrogen-bond donors (Lipinski definition) is 1. The molecule has 1 aromatic rings. The van der Waals surface area contributed by atoms with Gasteiger partial charge in [-0.3, -0.25) is 10.3 Å². The Balaban J connectivity index is 1.75. The summed E-state index contributed by atoms with van der Waals surface area (Å²) < 4.78 is 0. The van der Waals surface area contributed by atoms with E-state index >= 15 is 0 Å². The second-order valence-electron chi connectivity index (χ2n) is 9.39. The fraction of sp³-hybridized carbons (Fsp3) is 0.760. The summed E-state index contributed by atoms with van der Waals surface area (Å²) in [4.78, 5) is 5.53. The third-order valence-electron chi connectivity index (χ3n) is 7.59. The van der Waals surface area contributed by atoms with Crippen LogP contribution in [0.1, 0.15) is 131 Å². The van der Waals surface area contributed by atoms with E-state index in [0.717, 1.165) is 17.8 Å². The van der Waals surface area contributed by atoms with Gasteiger partial charge in [0, 0.05) is 0 Å². The first-order valence-corrected chi connectivity index (χ1v) is 11.8. The molecule has 0 atom stereocenters. The fourth-order valence-corrected chi connectivity index (χ4v) is 6.07. The van der Waals surface area contributed by atoms with Crippen LogP contribution in [0, 0.1) is 0 Å². The number of nitrogens with one attached hydrogen (secondary N) is 1. The van der Waals surface area contributed by atoms with Gasteiger partial charge in [0.05, 0.1) is 12.8 Å². The third kappa shape index (κ3) is 4.53. The summed E-state index contributed by atoms with van der Waals surface area (Å²) in [5.74, 6) is 2.24. The highest BCUT2D eigenvalue weighted by atomic mass is 16.6. The summed E-state index contributed by atoms with van der Waals surface area (Å²) in [5, 5.41) is 0. The first-order chi connectivity index (χ1) is 13.4. The Kier molecular flexibility index (Phi) is 6.76. The molecule has 0 aliphatic heterocycles. The van der Waals surface area contributed by atoms with Crippen LogP contribution in [0.3, 0.4) is 0 Å². The average Bonchev–Trinajstić information content (AvgIpc) is 2.76. The molecule has 2 nitrogen and oxygen atoms in total. The van der Waals surface area contributed by atoms with E-state index < -0.39 is 0 Å². The highest BCUT2D eigenvalue weighted by Gasteiger charge is 2.27. The molecule has 3 fully saturated rings. The van der Waals surface area contributed by atoms with E-state index in [0.29, 0.717) is 0 Å². The van der Waals surface area contributed by atoms with Gasteiger partial charge < -0.3 is 0 Å². The second kappa shape index (κ2) is 9.45. The van der Waals surface area contributed by atoms with E-state index in [1.54, 1.807) is 23.8 Å². The number of rotatable bonds is 5. The molecule has 3 aliphatic carbocycles. The van der Waals surface area contributed by atoms with Gasteiger partial charge in [0.25, 0.3) is 0 Å². The summed E-state index contributed by atoms with van der Waals surface area (Å²) in [6.07, 6.45) is 20.9. The zero-order valence-corrected chi connectivity index (χ0v) is 17.4. The quantitative estimate of drug-likeness (QED) is 0.534. The molecule has 0 heterocycles. The van der Waals surface area contributed by atoms with Crippen molar-refractivity contribution in [2.45, 2.75) is 114 Å². The van der Waals surface area contributed by atoms with Crippen molar-refractivity contribution in [3.05, 3.63) is 28.8 Å². The Labute approximate surface area is 166 Å². The van der Waals surface area contributed by atoms with E-state index in [2.05, 4.69) is 17.6 Å². The number of anilines is 1. The van der Waals surface area contributed by atoms with Gasteiger partial charge in [0.15, 0.2) is 0 Å². The van der Waals surface area contributed by atoms with Gasteiger partial charge in [-0.15, -0.1) is 0 Å². The molecular formula is C25H39NO. The lowest BCUT2D eigenvalue weighted by molar-refractivity contribution is 0.268. The Morgan fingerprint density at radius 1 is 0.630 bits per heavy atom. The molecule has 0 unspecified atom stereocenters. The molecule has 0 spiro atoms. The zero-order valence-electron chi connectivity index (χ0n) is 17.4. The van der Waals surface area contributed by atoms with Gasteiger partial charge in [-0.2, -0.15) is 0 Å². The molecule has 1 aromatic carbocycles. The van der Waals surface area contributed by atoms with Crippen molar-refractivity contribution >= 4 is 5.69 Å². The Hall–Kier alpha value is -1.02. The maximum Gasteiger partial charge on any atom is 0.0674 e. The highest BCUT2D eigenvalue weighted by Crippen LogP contribution is 2.46. The number of hydrogen-bond acceptors (Lipinski definition) is 2. The van der Waals surface area contributed by atoms with Crippen molar-refractivity contribution in [2.24, 2.45) is 0 Å². The van der Waals surface area contributed by atoms with Crippen LogP contribution >= 0.6 is 0 Å². The third-order valence-corrected chi connectivity index (χ3v) is 7.59. The molecule has 1 N–H and O–H groups in total. The van der Waals surface area contributed by atoms with Crippen molar-refractivity contribution in [2.75, 3.05) is 12.6 Å². The van der Waals surface area contributed by atoms with Gasteiger partial charge in [0.2, 0.25) is 0 Å². The zero-order chi connectivity index (χ0) is 18.5. The lowest BCUT2D eigenvalue weighted by atomic mass is 9.75. The summed E-state index contributed by atoms with van der Waals surface area (Å²) in [5.41, 5.74) is 9.53. The van der Waals surface area contributed by atoms with Crippen LogP contribution in [-0.4, -0.2) is 7.11 Å². The van der Waals surface area contributed by atoms with Crippen molar-refractivity contribution < 1.29 is 4.84 Å². The monoisotopic (exact) mass is 369 g/mol. The number of benzene rings is 1. The SMILES string of the molecule is CONc1c(C2CCCCC2)cc(C2CCCCC2)cc1C1CCCCC1. The summed E-state index contributed by atoms with van der Waals surface area (Å²) in [6.45, 7) is 0. The average molecular weight is 370 g/mol. The lowest BCUT2D eigenvalue weighted by Gasteiger charge is -2.32. The molecule has 0 bridgehead atoms. The predicted octanol–water partition coefficient (Wildman–Crippen LogP) is 7.80. The highest BCUT2D eigenvalue weighted by molar-refractivity contribution is 5.61. The predicted molar refractivity (Wildman–Crippen MR) is 115 cm³/mol. The van der Waals surface area contributed by atoms with Crippen LogP contribution in [-0.2, 0) is 4.84 Å². The molecule has 0 radical (unpaired) electrons. The molecule has 3 saturated carbocycles. The molecular weight excluding hydrogens is 330 g/mol. The topological polar surface area (TPSA) is 21.3 Å². The molecule has 2 heteroatoms. The van der Waals surface area contributed by atoms with E-state index in [1.807, 2.05) is 0 Å². The van der Waals surface area contributed by atoms with Crippen molar-refractivity contribution in [1.82, 2.24) is 0 Å². The standard InChI is InChI=1S/C25H39NO/c1-27-26-25-23(20-13-7-3-8-14-20)17-22(19-11-5-2-6-12-19)18-24(25)21-15-9-4-10-16-21/h17-21,26H,2-16H2,1H3. The van der Waals surface area contributed by atoms with Crippen LogP contribution in [0.25, 0.3) is 0 Å². The Morgan fingerprint density at radius 2 is 1.04 bits per heavy atom. The molecule has 4 rings (SSSR count). The van der Waals surface area contributed by atoms with Gasteiger partial charge in [-0.25, -0.2) is 0 Å².